The Morgan fingerprint density at radius 1 is 1.38 bits per heavy atom. The summed E-state index contributed by atoms with van der Waals surface area (Å²) in [5.41, 5.74) is 1.50. The van der Waals surface area contributed by atoms with Crippen LogP contribution < -0.4 is 5.76 Å². The van der Waals surface area contributed by atoms with E-state index >= 15 is 0 Å². The molecule has 0 unspecified atom stereocenters. The molecule has 0 amide bonds. The van der Waals surface area contributed by atoms with Crippen LogP contribution in [-0.4, -0.2) is 15.2 Å². The number of fused-ring (bicyclic) bond motifs is 1. The number of H-pyrrole nitrogens is 2. The first-order valence-corrected chi connectivity index (χ1v) is 4.95. The molecule has 2 aromatic heterocycles. The van der Waals surface area contributed by atoms with Crippen LogP contribution in [0, 0.1) is 0 Å². The fourth-order valence-electron chi connectivity index (χ4n) is 1.64. The van der Waals surface area contributed by atoms with Gasteiger partial charge in [0.2, 0.25) is 0 Å². The van der Waals surface area contributed by atoms with Gasteiger partial charge in [-0.2, -0.15) is 0 Å². The van der Waals surface area contributed by atoms with E-state index in [0.717, 1.165) is 10.9 Å². The topological polar surface area (TPSA) is 74.7 Å². The SMILES string of the molecule is O=c1[nH]nc(-c2c[nH]c3c(Cl)cccc23)o1. The van der Waals surface area contributed by atoms with Gasteiger partial charge in [0.25, 0.3) is 5.89 Å². The summed E-state index contributed by atoms with van der Waals surface area (Å²) in [5, 5.41) is 7.46. The predicted octanol–water partition coefficient (Wildman–Crippen LogP) is 2.16. The maximum Gasteiger partial charge on any atom is 0.434 e. The lowest BCUT2D eigenvalue weighted by molar-refractivity contribution is 0.527. The quantitative estimate of drug-likeness (QED) is 0.679. The minimum Gasteiger partial charge on any atom is -0.388 e. The molecule has 0 aliphatic carbocycles. The highest BCUT2D eigenvalue weighted by molar-refractivity contribution is 6.35. The molecule has 2 heterocycles. The highest BCUT2D eigenvalue weighted by atomic mass is 35.5. The minimum atomic E-state index is -0.577. The maximum absolute atomic E-state index is 10.9. The average molecular weight is 236 g/mol. The van der Waals surface area contributed by atoms with Crippen LogP contribution in [-0.2, 0) is 0 Å². The van der Waals surface area contributed by atoms with Crippen molar-refractivity contribution in [3.8, 4) is 11.5 Å². The normalized spacial score (nSPS) is 11.1. The van der Waals surface area contributed by atoms with Gasteiger partial charge >= 0.3 is 5.76 Å². The fourth-order valence-corrected chi connectivity index (χ4v) is 1.87. The molecule has 3 aromatic rings. The molecule has 5 nitrogen and oxygen atoms in total. The number of rotatable bonds is 1. The van der Waals surface area contributed by atoms with Crippen molar-refractivity contribution in [2.24, 2.45) is 0 Å². The van der Waals surface area contributed by atoms with Gasteiger partial charge in [-0.1, -0.05) is 23.7 Å². The summed E-state index contributed by atoms with van der Waals surface area (Å²) in [7, 11) is 0. The van der Waals surface area contributed by atoms with Crippen LogP contribution in [0.1, 0.15) is 0 Å². The lowest BCUT2D eigenvalue weighted by atomic mass is 10.2. The average Bonchev–Trinajstić information content (AvgIpc) is 2.84. The number of nitrogens with zero attached hydrogens (tertiary/aromatic N) is 1. The zero-order valence-corrected chi connectivity index (χ0v) is 8.71. The van der Waals surface area contributed by atoms with E-state index in [-0.39, 0.29) is 5.89 Å². The summed E-state index contributed by atoms with van der Waals surface area (Å²) < 4.78 is 4.89. The number of aromatic amines is 2. The third-order valence-electron chi connectivity index (χ3n) is 2.33. The van der Waals surface area contributed by atoms with E-state index in [1.54, 1.807) is 12.3 Å². The smallest absolute Gasteiger partial charge is 0.388 e. The van der Waals surface area contributed by atoms with E-state index in [0.29, 0.717) is 10.6 Å². The van der Waals surface area contributed by atoms with Crippen LogP contribution >= 0.6 is 11.6 Å². The number of halogens is 1. The monoisotopic (exact) mass is 235 g/mol. The standard InChI is InChI=1S/C10H6ClN3O2/c11-7-3-1-2-5-6(4-12-8(5)7)9-13-14-10(15)16-9/h1-4,12H,(H,14,15). The van der Waals surface area contributed by atoms with Crippen molar-refractivity contribution in [3.63, 3.8) is 0 Å². The minimum absolute atomic E-state index is 0.249. The molecule has 0 aliphatic heterocycles. The van der Waals surface area contributed by atoms with Gasteiger partial charge in [-0.3, -0.25) is 0 Å². The van der Waals surface area contributed by atoms with Crippen molar-refractivity contribution in [2.45, 2.75) is 0 Å². The summed E-state index contributed by atoms with van der Waals surface area (Å²) >= 11 is 6.01. The van der Waals surface area contributed by atoms with Gasteiger partial charge in [-0.15, -0.1) is 5.10 Å². The molecule has 0 atom stereocenters. The van der Waals surface area contributed by atoms with Crippen LogP contribution in [0.25, 0.3) is 22.4 Å². The Balaban J connectivity index is 2.33. The van der Waals surface area contributed by atoms with Crippen LogP contribution in [0.2, 0.25) is 5.02 Å². The summed E-state index contributed by atoms with van der Waals surface area (Å²) in [4.78, 5) is 13.9. The Bertz CT molecular complexity index is 710. The third kappa shape index (κ3) is 1.25. The van der Waals surface area contributed by atoms with Crippen molar-refractivity contribution >= 4 is 22.5 Å². The van der Waals surface area contributed by atoms with Gasteiger partial charge in [-0.05, 0) is 6.07 Å². The highest BCUT2D eigenvalue weighted by Gasteiger charge is 2.12. The van der Waals surface area contributed by atoms with Crippen molar-refractivity contribution in [2.75, 3.05) is 0 Å². The Labute approximate surface area is 94.0 Å². The van der Waals surface area contributed by atoms with Gasteiger partial charge in [0, 0.05) is 11.6 Å². The number of aromatic nitrogens is 3. The number of para-hydroxylation sites is 1. The van der Waals surface area contributed by atoms with Crippen molar-refractivity contribution in [3.05, 3.63) is 40.0 Å². The van der Waals surface area contributed by atoms with Gasteiger partial charge < -0.3 is 9.40 Å². The molecule has 0 bridgehead atoms. The molecule has 0 fully saturated rings. The number of hydrogen-bond donors (Lipinski definition) is 2. The molecule has 0 radical (unpaired) electrons. The lowest BCUT2D eigenvalue weighted by Gasteiger charge is -1.93. The Morgan fingerprint density at radius 3 is 3.00 bits per heavy atom. The zero-order valence-electron chi connectivity index (χ0n) is 7.95. The molecular weight excluding hydrogens is 230 g/mol. The lowest BCUT2D eigenvalue weighted by Crippen LogP contribution is -1.93. The van der Waals surface area contributed by atoms with Crippen molar-refractivity contribution < 1.29 is 4.42 Å². The van der Waals surface area contributed by atoms with E-state index < -0.39 is 5.76 Å². The number of hydrogen-bond acceptors (Lipinski definition) is 3. The maximum atomic E-state index is 10.9. The second-order valence-electron chi connectivity index (χ2n) is 3.28. The number of benzene rings is 1. The summed E-state index contributed by atoms with van der Waals surface area (Å²) in [5.74, 6) is -0.329. The Kier molecular flexibility index (Phi) is 1.87. The first kappa shape index (κ1) is 9.23. The van der Waals surface area contributed by atoms with E-state index in [9.17, 15) is 4.79 Å². The third-order valence-corrected chi connectivity index (χ3v) is 2.65. The van der Waals surface area contributed by atoms with Crippen LogP contribution in [0.5, 0.6) is 0 Å². The van der Waals surface area contributed by atoms with E-state index in [4.69, 9.17) is 16.0 Å². The zero-order chi connectivity index (χ0) is 11.1. The molecule has 0 aliphatic rings. The van der Waals surface area contributed by atoms with Crippen LogP contribution in [0.15, 0.2) is 33.6 Å². The fraction of sp³-hybridized carbons (Fsp3) is 0. The molecule has 0 saturated carbocycles. The van der Waals surface area contributed by atoms with Gasteiger partial charge in [0.1, 0.15) is 0 Å². The van der Waals surface area contributed by atoms with E-state index in [2.05, 4.69) is 15.2 Å². The summed E-state index contributed by atoms with van der Waals surface area (Å²) in [6.45, 7) is 0. The second kappa shape index (κ2) is 3.24. The first-order valence-electron chi connectivity index (χ1n) is 4.57. The highest BCUT2D eigenvalue weighted by Crippen LogP contribution is 2.30. The van der Waals surface area contributed by atoms with Gasteiger partial charge in [0.05, 0.1) is 16.1 Å². The predicted molar refractivity (Wildman–Crippen MR) is 59.4 cm³/mol. The molecule has 16 heavy (non-hydrogen) atoms. The van der Waals surface area contributed by atoms with Crippen molar-refractivity contribution in [1.29, 1.82) is 0 Å². The van der Waals surface area contributed by atoms with Gasteiger partial charge in [-0.25, -0.2) is 9.89 Å². The largest absolute Gasteiger partial charge is 0.434 e. The van der Waals surface area contributed by atoms with Crippen molar-refractivity contribution in [1.82, 2.24) is 15.2 Å². The molecule has 80 valence electrons. The molecule has 1 aromatic carbocycles. The number of nitrogens with one attached hydrogen (secondary N) is 2. The van der Waals surface area contributed by atoms with E-state index in [1.807, 2.05) is 12.1 Å². The Morgan fingerprint density at radius 2 is 2.25 bits per heavy atom. The van der Waals surface area contributed by atoms with E-state index in [1.165, 1.54) is 0 Å². The summed E-state index contributed by atoms with van der Waals surface area (Å²) in [6, 6.07) is 5.49. The molecule has 3 rings (SSSR count). The molecule has 2 N–H and O–H groups in total. The Hall–Kier alpha value is -2.01. The van der Waals surface area contributed by atoms with Crippen LogP contribution in [0.4, 0.5) is 0 Å². The summed E-state index contributed by atoms with van der Waals surface area (Å²) in [6.07, 6.45) is 1.70. The van der Waals surface area contributed by atoms with Gasteiger partial charge in [0.15, 0.2) is 0 Å². The molecular formula is C10H6ClN3O2. The molecule has 0 spiro atoms. The first-order chi connectivity index (χ1) is 7.75. The molecule has 6 heteroatoms. The molecule has 0 saturated heterocycles. The van der Waals surface area contributed by atoms with Crippen LogP contribution in [0.3, 0.4) is 0 Å². The second-order valence-corrected chi connectivity index (χ2v) is 3.69.